The Kier molecular flexibility index (Phi) is 4.82. The standard InChI is InChI=1S/C23H23N5O3/c1-14-9-17(16-7-6-8-19(30-4)21(16)31-5)26-18-12-27(22(29)20(14)18)15-10-25-28(11-15)23(2,3)13-24/h6-12,29H,1-5H3. The minimum absolute atomic E-state index is 0.0680. The van der Waals surface area contributed by atoms with Crippen LogP contribution in [0.3, 0.4) is 0 Å². The first kappa shape index (κ1) is 20.3. The number of hydrogen-bond acceptors (Lipinski definition) is 6. The summed E-state index contributed by atoms with van der Waals surface area (Å²) >= 11 is 0. The summed E-state index contributed by atoms with van der Waals surface area (Å²) in [5.74, 6) is 1.28. The highest BCUT2D eigenvalue weighted by Gasteiger charge is 2.22. The smallest absolute Gasteiger partial charge is 0.205 e. The molecule has 0 aliphatic carbocycles. The van der Waals surface area contributed by atoms with E-state index in [2.05, 4.69) is 11.2 Å². The SMILES string of the molecule is COc1cccc(-c2cc(C)c3c(O)n(-c4cnn(C(C)(C)C#N)c4)cc3n2)c1OC. The molecular formula is C23H23N5O3. The minimum Gasteiger partial charge on any atom is -0.494 e. The summed E-state index contributed by atoms with van der Waals surface area (Å²) in [4.78, 5) is 4.77. The van der Waals surface area contributed by atoms with E-state index in [1.807, 2.05) is 31.2 Å². The van der Waals surface area contributed by atoms with Crippen LogP contribution in [0.2, 0.25) is 0 Å². The molecule has 0 spiro atoms. The third-order valence-electron chi connectivity index (χ3n) is 5.32. The predicted molar refractivity (Wildman–Crippen MR) is 117 cm³/mol. The van der Waals surface area contributed by atoms with Crippen molar-refractivity contribution < 1.29 is 14.6 Å². The van der Waals surface area contributed by atoms with Gasteiger partial charge in [0, 0.05) is 11.8 Å². The lowest BCUT2D eigenvalue weighted by atomic mass is 10.1. The number of para-hydroxylation sites is 1. The number of ether oxygens (including phenoxy) is 2. The highest BCUT2D eigenvalue weighted by molar-refractivity contribution is 5.91. The molecule has 0 saturated carbocycles. The van der Waals surface area contributed by atoms with Gasteiger partial charge in [-0.15, -0.1) is 0 Å². The predicted octanol–water partition coefficient (Wildman–Crippen LogP) is 4.18. The maximum atomic E-state index is 10.9. The Morgan fingerprint density at radius 3 is 2.61 bits per heavy atom. The van der Waals surface area contributed by atoms with Gasteiger partial charge in [-0.3, -0.25) is 9.25 Å². The van der Waals surface area contributed by atoms with E-state index in [1.165, 1.54) is 0 Å². The number of hydrogen-bond donors (Lipinski definition) is 1. The molecule has 0 aliphatic rings. The second-order valence-electron chi connectivity index (χ2n) is 7.76. The first-order valence-electron chi connectivity index (χ1n) is 9.70. The fraction of sp³-hybridized carbons (Fsp3) is 0.261. The molecule has 8 heteroatoms. The number of nitriles is 1. The second kappa shape index (κ2) is 7.36. The summed E-state index contributed by atoms with van der Waals surface area (Å²) in [7, 11) is 3.19. The lowest BCUT2D eigenvalue weighted by molar-refractivity contribution is 0.356. The normalized spacial score (nSPS) is 11.5. The van der Waals surface area contributed by atoms with Crippen LogP contribution in [0, 0.1) is 18.3 Å². The van der Waals surface area contributed by atoms with Gasteiger partial charge in [-0.2, -0.15) is 10.4 Å². The van der Waals surface area contributed by atoms with Crippen molar-refractivity contribution in [3.05, 3.63) is 48.4 Å². The number of aromatic hydroxyl groups is 1. The van der Waals surface area contributed by atoms with Crippen LogP contribution in [0.15, 0.2) is 42.9 Å². The molecular weight excluding hydrogens is 394 g/mol. The zero-order chi connectivity index (χ0) is 22.3. The summed E-state index contributed by atoms with van der Waals surface area (Å²) in [6.07, 6.45) is 5.09. The fourth-order valence-corrected chi connectivity index (χ4v) is 3.60. The largest absolute Gasteiger partial charge is 0.494 e. The van der Waals surface area contributed by atoms with Gasteiger partial charge in [0.25, 0.3) is 0 Å². The van der Waals surface area contributed by atoms with Gasteiger partial charge < -0.3 is 14.6 Å². The monoisotopic (exact) mass is 417 g/mol. The molecule has 4 rings (SSSR count). The van der Waals surface area contributed by atoms with Gasteiger partial charge in [0.1, 0.15) is 5.54 Å². The Bertz CT molecular complexity index is 1330. The summed E-state index contributed by atoms with van der Waals surface area (Å²) in [6, 6.07) is 9.75. The average Bonchev–Trinajstić information content (AvgIpc) is 3.38. The zero-order valence-corrected chi connectivity index (χ0v) is 18.0. The Labute approximate surface area is 179 Å². The summed E-state index contributed by atoms with van der Waals surface area (Å²) in [5.41, 5.74) is 2.83. The lowest BCUT2D eigenvalue weighted by Crippen LogP contribution is -2.24. The van der Waals surface area contributed by atoms with Crippen molar-refractivity contribution in [3.63, 3.8) is 0 Å². The molecule has 0 fully saturated rings. The van der Waals surface area contributed by atoms with Crippen molar-refractivity contribution in [2.45, 2.75) is 26.3 Å². The van der Waals surface area contributed by atoms with Crippen LogP contribution in [-0.4, -0.2) is 38.7 Å². The molecule has 1 N–H and O–H groups in total. The molecule has 1 aromatic carbocycles. The van der Waals surface area contributed by atoms with Crippen molar-refractivity contribution in [1.82, 2.24) is 19.3 Å². The van der Waals surface area contributed by atoms with E-state index in [1.54, 1.807) is 55.9 Å². The molecule has 3 heterocycles. The molecule has 0 aliphatic heterocycles. The molecule has 0 bridgehead atoms. The highest BCUT2D eigenvalue weighted by atomic mass is 16.5. The number of methoxy groups -OCH3 is 2. The number of rotatable bonds is 5. The van der Waals surface area contributed by atoms with E-state index in [4.69, 9.17) is 14.5 Å². The van der Waals surface area contributed by atoms with Crippen LogP contribution in [0.4, 0.5) is 0 Å². The average molecular weight is 417 g/mol. The number of aromatic nitrogens is 4. The van der Waals surface area contributed by atoms with Gasteiger partial charge in [-0.1, -0.05) is 6.07 Å². The quantitative estimate of drug-likeness (QED) is 0.523. The van der Waals surface area contributed by atoms with Crippen LogP contribution in [0.5, 0.6) is 17.4 Å². The third kappa shape index (κ3) is 3.24. The van der Waals surface area contributed by atoms with Crippen LogP contribution in [0.25, 0.3) is 27.8 Å². The van der Waals surface area contributed by atoms with Crippen LogP contribution in [0.1, 0.15) is 19.4 Å². The molecule has 0 unspecified atom stereocenters. The molecule has 31 heavy (non-hydrogen) atoms. The Morgan fingerprint density at radius 2 is 1.94 bits per heavy atom. The summed E-state index contributed by atoms with van der Waals surface area (Å²) < 4.78 is 14.2. The number of benzene rings is 1. The van der Waals surface area contributed by atoms with Gasteiger partial charge >= 0.3 is 0 Å². The lowest BCUT2D eigenvalue weighted by Gasteiger charge is -2.15. The van der Waals surface area contributed by atoms with E-state index >= 15 is 0 Å². The molecule has 4 aromatic rings. The Balaban J connectivity index is 1.87. The molecule has 0 amide bonds. The maximum Gasteiger partial charge on any atom is 0.205 e. The maximum absolute atomic E-state index is 10.9. The zero-order valence-electron chi connectivity index (χ0n) is 18.0. The first-order valence-corrected chi connectivity index (χ1v) is 9.70. The van der Waals surface area contributed by atoms with Crippen molar-refractivity contribution in [3.8, 4) is 40.4 Å². The van der Waals surface area contributed by atoms with Crippen molar-refractivity contribution >= 4 is 10.9 Å². The van der Waals surface area contributed by atoms with Crippen LogP contribution in [-0.2, 0) is 5.54 Å². The number of pyridine rings is 1. The highest BCUT2D eigenvalue weighted by Crippen LogP contribution is 2.40. The number of nitrogens with zero attached hydrogens (tertiary/aromatic N) is 5. The van der Waals surface area contributed by atoms with Gasteiger partial charge in [0.2, 0.25) is 5.88 Å². The van der Waals surface area contributed by atoms with Crippen molar-refractivity contribution in [2.24, 2.45) is 0 Å². The minimum atomic E-state index is -0.801. The third-order valence-corrected chi connectivity index (χ3v) is 5.32. The van der Waals surface area contributed by atoms with Gasteiger partial charge in [-0.05, 0) is 44.5 Å². The second-order valence-corrected chi connectivity index (χ2v) is 7.76. The van der Waals surface area contributed by atoms with Crippen LogP contribution >= 0.6 is 0 Å². The molecule has 8 nitrogen and oxygen atoms in total. The molecule has 158 valence electrons. The summed E-state index contributed by atoms with van der Waals surface area (Å²) in [6.45, 7) is 5.47. The van der Waals surface area contributed by atoms with E-state index in [0.29, 0.717) is 33.8 Å². The van der Waals surface area contributed by atoms with Gasteiger partial charge in [0.15, 0.2) is 11.5 Å². The van der Waals surface area contributed by atoms with E-state index in [9.17, 15) is 10.4 Å². The van der Waals surface area contributed by atoms with E-state index < -0.39 is 5.54 Å². The van der Waals surface area contributed by atoms with E-state index in [-0.39, 0.29) is 5.88 Å². The topological polar surface area (TPSA) is 98.1 Å². The number of fused-ring (bicyclic) bond motifs is 1. The van der Waals surface area contributed by atoms with E-state index in [0.717, 1.165) is 11.1 Å². The Hall–Kier alpha value is -3.99. The molecule has 3 aromatic heterocycles. The fourth-order valence-electron chi connectivity index (χ4n) is 3.60. The molecule has 0 saturated heterocycles. The Morgan fingerprint density at radius 1 is 1.16 bits per heavy atom. The first-order chi connectivity index (χ1) is 14.8. The van der Waals surface area contributed by atoms with Gasteiger partial charge in [0.05, 0.1) is 55.0 Å². The van der Waals surface area contributed by atoms with Crippen molar-refractivity contribution in [1.29, 1.82) is 5.26 Å². The summed E-state index contributed by atoms with van der Waals surface area (Å²) in [5, 5.41) is 25.2. The molecule has 0 radical (unpaired) electrons. The van der Waals surface area contributed by atoms with Crippen LogP contribution < -0.4 is 9.47 Å². The van der Waals surface area contributed by atoms with Gasteiger partial charge in [-0.25, -0.2) is 4.98 Å². The van der Waals surface area contributed by atoms with Crippen molar-refractivity contribution in [2.75, 3.05) is 14.2 Å². The molecule has 0 atom stereocenters. The number of aryl methyl sites for hydroxylation is 1.